The van der Waals surface area contributed by atoms with Crippen LogP contribution < -0.4 is 4.90 Å². The van der Waals surface area contributed by atoms with Gasteiger partial charge in [0, 0.05) is 25.9 Å². The maximum Gasteiger partial charge on any atom is 0.251 e. The predicted molar refractivity (Wildman–Crippen MR) is 57.5 cm³/mol. The first-order chi connectivity index (χ1) is 8.02. The molecule has 5 heteroatoms. The van der Waals surface area contributed by atoms with E-state index in [1.165, 1.54) is 12.1 Å². The third kappa shape index (κ3) is 2.52. The smallest absolute Gasteiger partial charge is 0.251 e. The molecule has 0 saturated carbocycles. The molecule has 1 saturated heterocycles. The first-order valence-electron chi connectivity index (χ1n) is 5.34. The zero-order valence-corrected chi connectivity index (χ0v) is 9.09. The maximum absolute atomic E-state index is 13.0. The van der Waals surface area contributed by atoms with E-state index in [4.69, 9.17) is 5.26 Å². The number of halogens is 3. The van der Waals surface area contributed by atoms with E-state index < -0.39 is 11.7 Å². The maximum atomic E-state index is 13.0. The van der Waals surface area contributed by atoms with Gasteiger partial charge in [0.05, 0.1) is 11.3 Å². The second kappa shape index (κ2) is 4.28. The summed E-state index contributed by atoms with van der Waals surface area (Å²) in [5.74, 6) is -3.11. The molecule has 0 bridgehead atoms. The van der Waals surface area contributed by atoms with Crippen molar-refractivity contribution in [2.45, 2.75) is 18.8 Å². The van der Waals surface area contributed by atoms with Crippen molar-refractivity contribution < 1.29 is 13.2 Å². The molecule has 1 aromatic carbocycles. The van der Waals surface area contributed by atoms with Crippen molar-refractivity contribution in [3.05, 3.63) is 29.6 Å². The molecule has 0 aliphatic carbocycles. The van der Waals surface area contributed by atoms with Gasteiger partial charge in [-0.3, -0.25) is 0 Å². The molecule has 0 N–H and O–H groups in total. The summed E-state index contributed by atoms with van der Waals surface area (Å²) >= 11 is 0. The second-order valence-electron chi connectivity index (χ2n) is 4.12. The number of alkyl halides is 2. The Morgan fingerprint density at radius 2 is 1.88 bits per heavy atom. The van der Waals surface area contributed by atoms with E-state index in [1.54, 1.807) is 4.90 Å². The lowest BCUT2D eigenvalue weighted by Gasteiger charge is -2.33. The van der Waals surface area contributed by atoms with E-state index in [9.17, 15) is 13.2 Å². The molecule has 1 aliphatic rings. The lowest BCUT2D eigenvalue weighted by molar-refractivity contribution is -0.0220. The molecule has 1 aromatic rings. The average molecular weight is 240 g/mol. The minimum absolute atomic E-state index is 0.188. The van der Waals surface area contributed by atoms with Gasteiger partial charge in [0.2, 0.25) is 0 Å². The Bertz CT molecular complexity index is 455. The molecule has 90 valence electrons. The molecule has 17 heavy (non-hydrogen) atoms. The Morgan fingerprint density at radius 3 is 2.47 bits per heavy atom. The van der Waals surface area contributed by atoms with Gasteiger partial charge in [-0.1, -0.05) is 0 Å². The topological polar surface area (TPSA) is 27.0 Å². The lowest BCUT2D eigenvalue weighted by atomic mass is 10.0. The van der Waals surface area contributed by atoms with Gasteiger partial charge in [-0.2, -0.15) is 5.26 Å². The molecule has 0 aromatic heterocycles. The summed E-state index contributed by atoms with van der Waals surface area (Å²) in [7, 11) is 0. The average Bonchev–Trinajstić information content (AvgIpc) is 2.29. The van der Waals surface area contributed by atoms with Crippen LogP contribution in [-0.4, -0.2) is 19.0 Å². The molecule has 0 amide bonds. The largest absolute Gasteiger partial charge is 0.370 e. The van der Waals surface area contributed by atoms with Gasteiger partial charge in [-0.15, -0.1) is 0 Å². The van der Waals surface area contributed by atoms with Crippen molar-refractivity contribution in [2.75, 3.05) is 18.0 Å². The molecule has 0 spiro atoms. The highest BCUT2D eigenvalue weighted by Gasteiger charge is 2.34. The van der Waals surface area contributed by atoms with Crippen molar-refractivity contribution in [3.63, 3.8) is 0 Å². The highest BCUT2D eigenvalue weighted by atomic mass is 19.3. The van der Waals surface area contributed by atoms with Crippen LogP contribution in [0, 0.1) is 17.1 Å². The summed E-state index contributed by atoms with van der Waals surface area (Å²) in [6.45, 7) is 0.376. The Morgan fingerprint density at radius 1 is 1.24 bits per heavy atom. The van der Waals surface area contributed by atoms with E-state index in [0.29, 0.717) is 5.69 Å². The van der Waals surface area contributed by atoms with Crippen LogP contribution >= 0.6 is 0 Å². The fourth-order valence-electron chi connectivity index (χ4n) is 1.95. The lowest BCUT2D eigenvalue weighted by Crippen LogP contribution is -2.39. The van der Waals surface area contributed by atoms with Gasteiger partial charge >= 0.3 is 0 Å². The van der Waals surface area contributed by atoms with Crippen molar-refractivity contribution in [1.29, 1.82) is 5.26 Å². The molecule has 1 fully saturated rings. The molecule has 0 radical (unpaired) electrons. The molecule has 2 nitrogen and oxygen atoms in total. The number of rotatable bonds is 1. The van der Waals surface area contributed by atoms with Gasteiger partial charge < -0.3 is 4.90 Å². The van der Waals surface area contributed by atoms with Gasteiger partial charge in [-0.25, -0.2) is 13.2 Å². The zero-order valence-electron chi connectivity index (χ0n) is 9.09. The van der Waals surface area contributed by atoms with Gasteiger partial charge in [-0.05, 0) is 18.2 Å². The predicted octanol–water partition coefficient (Wildman–Crippen LogP) is 2.93. The Hall–Kier alpha value is -1.70. The standard InChI is InChI=1S/C12H11F3N2/c13-10-1-2-11(9(7-10)8-16)17-5-3-12(14,15)4-6-17/h1-2,7H,3-6H2. The van der Waals surface area contributed by atoms with Gasteiger partial charge in [0.25, 0.3) is 5.92 Å². The van der Waals surface area contributed by atoms with E-state index >= 15 is 0 Å². The first-order valence-corrected chi connectivity index (χ1v) is 5.34. The summed E-state index contributed by atoms with van der Waals surface area (Å²) in [6, 6.07) is 5.72. The Labute approximate surface area is 97.3 Å². The minimum Gasteiger partial charge on any atom is -0.370 e. The fraction of sp³-hybridized carbons (Fsp3) is 0.417. The first kappa shape index (κ1) is 11.8. The normalized spacial score (nSPS) is 18.8. The monoisotopic (exact) mass is 240 g/mol. The third-order valence-corrected chi connectivity index (χ3v) is 2.91. The molecule has 1 heterocycles. The summed E-state index contributed by atoms with van der Waals surface area (Å²) < 4.78 is 38.9. The summed E-state index contributed by atoms with van der Waals surface area (Å²) in [4.78, 5) is 1.70. The summed E-state index contributed by atoms with van der Waals surface area (Å²) in [5, 5.41) is 8.88. The number of nitrogens with zero attached hydrogens (tertiary/aromatic N) is 2. The van der Waals surface area contributed by atoms with Crippen molar-refractivity contribution in [3.8, 4) is 6.07 Å². The van der Waals surface area contributed by atoms with E-state index in [1.807, 2.05) is 6.07 Å². The molecule has 0 atom stereocenters. The molecule has 2 rings (SSSR count). The van der Waals surface area contributed by atoms with Crippen LogP contribution in [-0.2, 0) is 0 Å². The number of anilines is 1. The van der Waals surface area contributed by atoms with Crippen LogP contribution in [0.3, 0.4) is 0 Å². The van der Waals surface area contributed by atoms with Crippen LogP contribution in [0.2, 0.25) is 0 Å². The number of benzene rings is 1. The molecular weight excluding hydrogens is 229 g/mol. The number of nitriles is 1. The van der Waals surface area contributed by atoms with E-state index in [0.717, 1.165) is 6.07 Å². The van der Waals surface area contributed by atoms with Crippen molar-refractivity contribution in [1.82, 2.24) is 0 Å². The minimum atomic E-state index is -2.62. The van der Waals surface area contributed by atoms with Gasteiger partial charge in [0.1, 0.15) is 11.9 Å². The second-order valence-corrected chi connectivity index (χ2v) is 4.12. The SMILES string of the molecule is N#Cc1cc(F)ccc1N1CCC(F)(F)CC1. The van der Waals surface area contributed by atoms with Gasteiger partial charge in [0.15, 0.2) is 0 Å². The molecule has 1 aliphatic heterocycles. The van der Waals surface area contributed by atoms with E-state index in [2.05, 4.69) is 0 Å². The van der Waals surface area contributed by atoms with Crippen LogP contribution in [0.25, 0.3) is 0 Å². The quantitative estimate of drug-likeness (QED) is 0.754. The Balaban J connectivity index is 2.22. The number of hydrogen-bond donors (Lipinski definition) is 0. The number of hydrogen-bond acceptors (Lipinski definition) is 2. The highest BCUT2D eigenvalue weighted by Crippen LogP contribution is 2.31. The summed E-state index contributed by atoms with van der Waals surface area (Å²) in [6.07, 6.45) is -0.454. The highest BCUT2D eigenvalue weighted by molar-refractivity contribution is 5.59. The number of piperidine rings is 1. The summed E-state index contributed by atoms with van der Waals surface area (Å²) in [5.41, 5.74) is 0.722. The van der Waals surface area contributed by atoms with Crippen molar-refractivity contribution >= 4 is 5.69 Å². The van der Waals surface area contributed by atoms with Crippen LogP contribution in [0.5, 0.6) is 0 Å². The van der Waals surface area contributed by atoms with E-state index in [-0.39, 0.29) is 31.5 Å². The molecular formula is C12H11F3N2. The van der Waals surface area contributed by atoms with Crippen LogP contribution in [0.15, 0.2) is 18.2 Å². The van der Waals surface area contributed by atoms with Crippen LogP contribution in [0.1, 0.15) is 18.4 Å². The van der Waals surface area contributed by atoms with Crippen LogP contribution in [0.4, 0.5) is 18.9 Å². The Kier molecular flexibility index (Phi) is 2.97. The zero-order chi connectivity index (χ0) is 12.5. The fourth-order valence-corrected chi connectivity index (χ4v) is 1.95. The molecule has 0 unspecified atom stereocenters. The third-order valence-electron chi connectivity index (χ3n) is 2.91. The van der Waals surface area contributed by atoms with Crippen molar-refractivity contribution in [2.24, 2.45) is 0 Å².